The van der Waals surface area contributed by atoms with Gasteiger partial charge < -0.3 is 5.32 Å². The lowest BCUT2D eigenvalue weighted by Gasteiger charge is -2.09. The average molecular weight is 370 g/mol. The van der Waals surface area contributed by atoms with Crippen LogP contribution in [-0.2, 0) is 6.42 Å². The molecule has 1 N–H and O–H groups in total. The van der Waals surface area contributed by atoms with Gasteiger partial charge in [0.25, 0.3) is 0 Å². The topological polar surface area (TPSA) is 55.6 Å². The van der Waals surface area contributed by atoms with Crippen molar-refractivity contribution in [3.8, 4) is 17.1 Å². The van der Waals surface area contributed by atoms with Crippen LogP contribution in [0.4, 0.5) is 5.82 Å². The maximum Gasteiger partial charge on any atom is 0.133 e. The second-order valence-corrected chi connectivity index (χ2v) is 6.46. The molecular weight excluding hydrogens is 354 g/mol. The van der Waals surface area contributed by atoms with E-state index in [0.717, 1.165) is 53.2 Å². The number of fused-ring (bicyclic) bond motifs is 1. The summed E-state index contributed by atoms with van der Waals surface area (Å²) in [7, 11) is 0. The Morgan fingerprint density at radius 3 is 2.96 bits per heavy atom. The van der Waals surface area contributed by atoms with Gasteiger partial charge in [-0.1, -0.05) is 22.0 Å². The van der Waals surface area contributed by atoms with Crippen molar-refractivity contribution in [3.05, 3.63) is 52.9 Å². The molecule has 1 aliphatic rings. The first-order chi connectivity index (χ1) is 11.3. The first-order valence-electron chi connectivity index (χ1n) is 7.71. The van der Waals surface area contributed by atoms with E-state index in [1.165, 1.54) is 5.56 Å². The molecule has 0 saturated heterocycles. The van der Waals surface area contributed by atoms with Crippen molar-refractivity contribution in [1.29, 1.82) is 0 Å². The van der Waals surface area contributed by atoms with Crippen LogP contribution < -0.4 is 5.32 Å². The summed E-state index contributed by atoms with van der Waals surface area (Å²) in [4.78, 5) is 8.63. The molecule has 0 spiro atoms. The van der Waals surface area contributed by atoms with E-state index >= 15 is 0 Å². The Morgan fingerprint density at radius 1 is 1.17 bits per heavy atom. The zero-order valence-electron chi connectivity index (χ0n) is 12.5. The summed E-state index contributed by atoms with van der Waals surface area (Å²) in [5.74, 6) is 1.07. The Bertz CT molecular complexity index is 828. The predicted molar refractivity (Wildman–Crippen MR) is 93.7 cm³/mol. The molecule has 0 fully saturated rings. The number of anilines is 1. The average Bonchev–Trinajstić information content (AvgIpc) is 2.77. The van der Waals surface area contributed by atoms with Gasteiger partial charge in [0, 0.05) is 29.0 Å². The van der Waals surface area contributed by atoms with E-state index in [-0.39, 0.29) is 0 Å². The molecule has 0 bridgehead atoms. The number of nitrogens with zero attached hydrogens (tertiary/aromatic N) is 4. The van der Waals surface area contributed by atoms with E-state index in [1.807, 2.05) is 16.8 Å². The Hall–Kier alpha value is -2.21. The zero-order valence-corrected chi connectivity index (χ0v) is 14.1. The fourth-order valence-corrected chi connectivity index (χ4v) is 3.31. The highest BCUT2D eigenvalue weighted by atomic mass is 79.9. The number of hydrogen-bond acceptors (Lipinski definition) is 4. The SMILES string of the molecule is Brc1cccc(-n2nc(-c3cnccn3)c3c2NCCCC3)c1. The maximum absolute atomic E-state index is 4.85. The summed E-state index contributed by atoms with van der Waals surface area (Å²) in [5, 5.41) is 8.38. The smallest absolute Gasteiger partial charge is 0.133 e. The molecular formula is C17H16BrN5. The molecule has 6 heteroatoms. The quantitative estimate of drug-likeness (QED) is 0.745. The van der Waals surface area contributed by atoms with Gasteiger partial charge in [0.1, 0.15) is 17.2 Å². The number of aromatic nitrogens is 4. The molecule has 3 aromatic rings. The Balaban J connectivity index is 1.92. The van der Waals surface area contributed by atoms with E-state index in [2.05, 4.69) is 43.3 Å². The van der Waals surface area contributed by atoms with Crippen LogP contribution in [-0.4, -0.2) is 26.3 Å². The molecule has 0 atom stereocenters. The molecule has 3 heterocycles. The van der Waals surface area contributed by atoms with Gasteiger partial charge in [-0.3, -0.25) is 9.97 Å². The van der Waals surface area contributed by atoms with Crippen molar-refractivity contribution in [2.45, 2.75) is 19.3 Å². The van der Waals surface area contributed by atoms with Crippen LogP contribution in [0.1, 0.15) is 18.4 Å². The van der Waals surface area contributed by atoms with Gasteiger partial charge in [-0.2, -0.15) is 5.10 Å². The van der Waals surface area contributed by atoms with Crippen molar-refractivity contribution in [2.75, 3.05) is 11.9 Å². The van der Waals surface area contributed by atoms with E-state index < -0.39 is 0 Å². The lowest BCUT2D eigenvalue weighted by atomic mass is 10.1. The third-order valence-electron chi connectivity index (χ3n) is 3.99. The summed E-state index contributed by atoms with van der Waals surface area (Å²) in [6.45, 7) is 0.965. The minimum atomic E-state index is 0.821. The number of halogens is 1. The molecule has 0 aliphatic carbocycles. The molecule has 23 heavy (non-hydrogen) atoms. The second-order valence-electron chi connectivity index (χ2n) is 5.54. The summed E-state index contributed by atoms with van der Waals surface area (Å²) >= 11 is 3.54. The molecule has 1 aliphatic heterocycles. The van der Waals surface area contributed by atoms with Crippen LogP contribution in [0.2, 0.25) is 0 Å². The van der Waals surface area contributed by atoms with Crippen molar-refractivity contribution < 1.29 is 0 Å². The molecule has 1 aromatic carbocycles. The fourth-order valence-electron chi connectivity index (χ4n) is 2.92. The van der Waals surface area contributed by atoms with Gasteiger partial charge in [-0.05, 0) is 37.5 Å². The first-order valence-corrected chi connectivity index (χ1v) is 8.50. The lowest BCUT2D eigenvalue weighted by Crippen LogP contribution is -2.07. The van der Waals surface area contributed by atoms with E-state index in [1.54, 1.807) is 18.6 Å². The largest absolute Gasteiger partial charge is 0.370 e. The molecule has 0 unspecified atom stereocenters. The minimum absolute atomic E-state index is 0.821. The van der Waals surface area contributed by atoms with Crippen LogP contribution in [0.3, 0.4) is 0 Å². The Morgan fingerprint density at radius 2 is 2.13 bits per heavy atom. The van der Waals surface area contributed by atoms with E-state index in [9.17, 15) is 0 Å². The van der Waals surface area contributed by atoms with E-state index in [0.29, 0.717) is 0 Å². The summed E-state index contributed by atoms with van der Waals surface area (Å²) in [5.41, 5.74) is 3.99. The second kappa shape index (κ2) is 6.12. The van der Waals surface area contributed by atoms with Gasteiger partial charge in [-0.25, -0.2) is 4.68 Å². The van der Waals surface area contributed by atoms with Crippen LogP contribution in [0, 0.1) is 0 Å². The minimum Gasteiger partial charge on any atom is -0.370 e. The van der Waals surface area contributed by atoms with Crippen LogP contribution in [0.5, 0.6) is 0 Å². The van der Waals surface area contributed by atoms with Crippen molar-refractivity contribution in [2.24, 2.45) is 0 Å². The van der Waals surface area contributed by atoms with Gasteiger partial charge >= 0.3 is 0 Å². The normalized spacial score (nSPS) is 14.0. The van der Waals surface area contributed by atoms with Crippen LogP contribution in [0.25, 0.3) is 17.1 Å². The summed E-state index contributed by atoms with van der Waals surface area (Å²) in [6.07, 6.45) is 8.49. The van der Waals surface area contributed by atoms with E-state index in [4.69, 9.17) is 5.10 Å². The van der Waals surface area contributed by atoms with Crippen LogP contribution >= 0.6 is 15.9 Å². The third kappa shape index (κ3) is 2.74. The highest BCUT2D eigenvalue weighted by molar-refractivity contribution is 9.10. The molecule has 0 radical (unpaired) electrons. The number of nitrogens with one attached hydrogen (secondary N) is 1. The molecule has 2 aromatic heterocycles. The van der Waals surface area contributed by atoms with Crippen LogP contribution in [0.15, 0.2) is 47.3 Å². The molecule has 0 amide bonds. The monoisotopic (exact) mass is 369 g/mol. The van der Waals surface area contributed by atoms with Gasteiger partial charge in [0.05, 0.1) is 11.9 Å². The fraction of sp³-hybridized carbons (Fsp3) is 0.235. The lowest BCUT2D eigenvalue weighted by molar-refractivity contribution is 0.779. The highest BCUT2D eigenvalue weighted by Crippen LogP contribution is 2.33. The molecule has 5 nitrogen and oxygen atoms in total. The Kier molecular flexibility index (Phi) is 3.83. The summed E-state index contributed by atoms with van der Waals surface area (Å²) < 4.78 is 3.02. The predicted octanol–water partition coefficient (Wildman–Crippen LogP) is 3.84. The standard InChI is InChI=1S/C17H16BrN5/c18-12-4-3-5-13(10-12)23-17-14(6-1-2-7-21-17)16(22-23)15-11-19-8-9-20-15/h3-5,8-11,21H,1-2,6-7H2. The van der Waals surface area contributed by atoms with Gasteiger partial charge in [-0.15, -0.1) is 0 Å². The highest BCUT2D eigenvalue weighted by Gasteiger charge is 2.22. The maximum atomic E-state index is 4.85. The number of benzene rings is 1. The number of rotatable bonds is 2. The zero-order chi connectivity index (χ0) is 15.6. The van der Waals surface area contributed by atoms with Gasteiger partial charge in [0.2, 0.25) is 0 Å². The first kappa shape index (κ1) is 14.4. The van der Waals surface area contributed by atoms with Gasteiger partial charge in [0.15, 0.2) is 0 Å². The molecule has 0 saturated carbocycles. The van der Waals surface area contributed by atoms with Crippen molar-refractivity contribution >= 4 is 21.7 Å². The number of hydrogen-bond donors (Lipinski definition) is 1. The van der Waals surface area contributed by atoms with Crippen molar-refractivity contribution in [1.82, 2.24) is 19.7 Å². The third-order valence-corrected chi connectivity index (χ3v) is 4.48. The summed E-state index contributed by atoms with van der Waals surface area (Å²) in [6, 6.07) is 8.17. The Labute approximate surface area is 142 Å². The molecule has 116 valence electrons. The van der Waals surface area contributed by atoms with Crippen molar-refractivity contribution in [3.63, 3.8) is 0 Å². The molecule has 4 rings (SSSR count).